The van der Waals surface area contributed by atoms with Crippen molar-refractivity contribution >= 4 is 27.5 Å². The summed E-state index contributed by atoms with van der Waals surface area (Å²) in [6.07, 6.45) is 0. The van der Waals surface area contributed by atoms with Gasteiger partial charge in [-0.1, -0.05) is 60.1 Å². The Morgan fingerprint density at radius 3 is 2.29 bits per heavy atom. The van der Waals surface area contributed by atoms with E-state index in [1.807, 2.05) is 84.9 Å². The topological polar surface area (TPSA) is 18.5 Å². The van der Waals surface area contributed by atoms with Crippen LogP contribution < -0.4 is 9.47 Å². The Balaban J connectivity index is 1.67. The molecule has 28 heavy (non-hydrogen) atoms. The molecule has 0 saturated heterocycles. The van der Waals surface area contributed by atoms with Crippen molar-refractivity contribution in [3.05, 3.63) is 107 Å². The summed E-state index contributed by atoms with van der Waals surface area (Å²) >= 11 is 9.73. The first-order valence-electron chi connectivity index (χ1n) is 8.66. The van der Waals surface area contributed by atoms with Crippen molar-refractivity contribution in [3.8, 4) is 34.1 Å². The lowest BCUT2D eigenvalue weighted by atomic mass is 10.0. The van der Waals surface area contributed by atoms with Crippen LogP contribution in [0.4, 0.5) is 0 Å². The summed E-state index contributed by atoms with van der Waals surface area (Å²) in [6.45, 7) is 0. The predicted molar refractivity (Wildman–Crippen MR) is 116 cm³/mol. The Bertz CT molecular complexity index is 1110. The number of halogens is 2. The quantitative estimate of drug-likeness (QED) is 0.305. The number of hydrogen-bond donors (Lipinski definition) is 0. The van der Waals surface area contributed by atoms with Crippen LogP contribution in [0.25, 0.3) is 11.1 Å². The minimum atomic E-state index is 0.567. The average molecular weight is 451 g/mol. The fraction of sp³-hybridized carbons (Fsp3) is 0. The van der Waals surface area contributed by atoms with Crippen molar-refractivity contribution in [2.75, 3.05) is 0 Å². The zero-order valence-electron chi connectivity index (χ0n) is 14.7. The van der Waals surface area contributed by atoms with Crippen molar-refractivity contribution in [2.24, 2.45) is 0 Å². The standard InChI is InChI=1S/C24H15BrClO2/c25-20-11-2-5-14-23(20)28-22-13-4-1-10-19(22)17-8-7-9-18(16-17)27-24-15-6-3-12-21(24)26/h1-9,11-16H. The van der Waals surface area contributed by atoms with Crippen LogP contribution >= 0.6 is 27.5 Å². The zero-order valence-corrected chi connectivity index (χ0v) is 17.1. The van der Waals surface area contributed by atoms with Crippen molar-refractivity contribution in [1.29, 1.82) is 0 Å². The fourth-order valence-corrected chi connectivity index (χ4v) is 3.29. The number of rotatable bonds is 5. The van der Waals surface area contributed by atoms with E-state index >= 15 is 0 Å². The number of benzene rings is 4. The van der Waals surface area contributed by atoms with Crippen LogP contribution in [0.15, 0.2) is 95.5 Å². The maximum atomic E-state index is 6.21. The Kier molecular flexibility index (Phi) is 5.65. The normalized spacial score (nSPS) is 10.5. The van der Waals surface area contributed by atoms with Crippen LogP contribution in [0.2, 0.25) is 5.02 Å². The number of para-hydroxylation sites is 2. The van der Waals surface area contributed by atoms with Crippen molar-refractivity contribution in [1.82, 2.24) is 0 Å². The van der Waals surface area contributed by atoms with Gasteiger partial charge in [-0.15, -0.1) is 0 Å². The average Bonchev–Trinajstić information content (AvgIpc) is 2.72. The highest BCUT2D eigenvalue weighted by atomic mass is 79.9. The predicted octanol–water partition coefficient (Wildman–Crippen LogP) is 8.15. The van der Waals surface area contributed by atoms with Crippen LogP contribution in [0.1, 0.15) is 0 Å². The summed E-state index contributed by atoms with van der Waals surface area (Å²) in [6, 6.07) is 31.9. The molecule has 0 fully saturated rings. The second-order valence-electron chi connectivity index (χ2n) is 6.00. The zero-order chi connectivity index (χ0) is 19.3. The van der Waals surface area contributed by atoms with Crippen molar-refractivity contribution in [2.45, 2.75) is 0 Å². The lowest BCUT2D eigenvalue weighted by Crippen LogP contribution is -1.90. The van der Waals surface area contributed by atoms with E-state index in [-0.39, 0.29) is 0 Å². The van der Waals surface area contributed by atoms with E-state index < -0.39 is 0 Å². The molecule has 4 aromatic rings. The molecule has 0 aliphatic carbocycles. The number of hydrogen-bond acceptors (Lipinski definition) is 2. The maximum absolute atomic E-state index is 6.21. The van der Waals surface area contributed by atoms with Crippen LogP contribution in [-0.2, 0) is 0 Å². The Labute approximate surface area is 177 Å². The first-order chi connectivity index (χ1) is 13.7. The second kappa shape index (κ2) is 8.51. The Morgan fingerprint density at radius 2 is 1.46 bits per heavy atom. The van der Waals surface area contributed by atoms with Gasteiger partial charge < -0.3 is 9.47 Å². The number of ether oxygens (including phenoxy) is 2. The van der Waals surface area contributed by atoms with Crippen LogP contribution in [0, 0.1) is 6.07 Å². The van der Waals surface area contributed by atoms with Crippen molar-refractivity contribution in [3.63, 3.8) is 0 Å². The van der Waals surface area contributed by atoms with Gasteiger partial charge in [-0.3, -0.25) is 0 Å². The van der Waals surface area contributed by atoms with E-state index in [1.165, 1.54) is 0 Å². The molecule has 0 aliphatic heterocycles. The summed E-state index contributed by atoms with van der Waals surface area (Å²) < 4.78 is 13.0. The lowest BCUT2D eigenvalue weighted by molar-refractivity contribution is 0.480. The molecule has 0 N–H and O–H groups in total. The lowest BCUT2D eigenvalue weighted by Gasteiger charge is -2.13. The first-order valence-corrected chi connectivity index (χ1v) is 9.84. The molecule has 0 aliphatic rings. The van der Waals surface area contributed by atoms with E-state index in [0.717, 1.165) is 21.3 Å². The molecule has 0 heterocycles. The largest absolute Gasteiger partial charge is 0.456 e. The van der Waals surface area contributed by atoms with E-state index in [1.54, 1.807) is 6.07 Å². The third-order valence-corrected chi connectivity index (χ3v) is 5.03. The van der Waals surface area contributed by atoms with E-state index in [4.69, 9.17) is 21.1 Å². The van der Waals surface area contributed by atoms with Crippen LogP contribution in [0.5, 0.6) is 23.0 Å². The van der Waals surface area contributed by atoms with Gasteiger partial charge in [0.2, 0.25) is 0 Å². The maximum Gasteiger partial charge on any atom is 0.146 e. The summed E-state index contributed by atoms with van der Waals surface area (Å²) in [4.78, 5) is 0. The van der Waals surface area contributed by atoms with E-state index in [9.17, 15) is 0 Å². The van der Waals surface area contributed by atoms with Gasteiger partial charge in [-0.2, -0.15) is 0 Å². The van der Waals surface area contributed by atoms with Crippen LogP contribution in [-0.4, -0.2) is 0 Å². The second-order valence-corrected chi connectivity index (χ2v) is 7.26. The van der Waals surface area contributed by atoms with Gasteiger partial charge in [-0.05, 0) is 70.0 Å². The van der Waals surface area contributed by atoms with E-state index in [2.05, 4.69) is 22.0 Å². The molecule has 4 aromatic carbocycles. The summed E-state index contributed by atoms with van der Waals surface area (Å²) in [5.74, 6) is 2.76. The SMILES string of the molecule is Clc1ccccc1Oc1cccc(-c2[c]cccc2Oc2ccccc2Br)c1. The molecule has 4 heteroatoms. The molecule has 1 radical (unpaired) electrons. The Morgan fingerprint density at radius 1 is 0.714 bits per heavy atom. The molecule has 0 amide bonds. The molecule has 137 valence electrons. The highest BCUT2D eigenvalue weighted by Gasteiger charge is 2.11. The molecule has 0 saturated carbocycles. The molecule has 4 rings (SSSR count). The minimum Gasteiger partial charge on any atom is -0.456 e. The summed E-state index contributed by atoms with van der Waals surface area (Å²) in [5, 5.41) is 0.567. The molecule has 2 nitrogen and oxygen atoms in total. The summed E-state index contributed by atoms with van der Waals surface area (Å²) in [5.41, 5.74) is 1.79. The van der Waals surface area contributed by atoms with Gasteiger partial charge in [0.05, 0.1) is 9.50 Å². The highest BCUT2D eigenvalue weighted by Crippen LogP contribution is 2.37. The molecule has 0 spiro atoms. The van der Waals surface area contributed by atoms with Gasteiger partial charge >= 0.3 is 0 Å². The van der Waals surface area contributed by atoms with Crippen molar-refractivity contribution < 1.29 is 9.47 Å². The summed E-state index contributed by atoms with van der Waals surface area (Å²) in [7, 11) is 0. The Hall–Kier alpha value is -2.75. The molecule has 0 unspecified atom stereocenters. The van der Waals surface area contributed by atoms with Gasteiger partial charge in [0.15, 0.2) is 0 Å². The third kappa shape index (κ3) is 4.22. The molecular formula is C24H15BrClO2. The fourth-order valence-electron chi connectivity index (χ4n) is 2.75. The van der Waals surface area contributed by atoms with Gasteiger partial charge in [0.25, 0.3) is 0 Å². The molecule has 0 atom stereocenters. The third-order valence-electron chi connectivity index (χ3n) is 4.06. The smallest absolute Gasteiger partial charge is 0.146 e. The van der Waals surface area contributed by atoms with E-state index in [0.29, 0.717) is 22.3 Å². The molecule has 0 bridgehead atoms. The minimum absolute atomic E-state index is 0.567. The molecule has 0 aromatic heterocycles. The van der Waals surface area contributed by atoms with Gasteiger partial charge in [-0.25, -0.2) is 0 Å². The monoisotopic (exact) mass is 449 g/mol. The highest BCUT2D eigenvalue weighted by molar-refractivity contribution is 9.10. The molecular weight excluding hydrogens is 436 g/mol. The van der Waals surface area contributed by atoms with Gasteiger partial charge in [0, 0.05) is 5.56 Å². The van der Waals surface area contributed by atoms with Crippen LogP contribution in [0.3, 0.4) is 0 Å². The van der Waals surface area contributed by atoms with Gasteiger partial charge in [0.1, 0.15) is 23.0 Å². The first kappa shape index (κ1) is 18.6.